The zero-order valence-corrected chi connectivity index (χ0v) is 13.2. The molecule has 0 bridgehead atoms. The zero-order valence-electron chi connectivity index (χ0n) is 12.3. The summed E-state index contributed by atoms with van der Waals surface area (Å²) < 4.78 is 25.2. The molecule has 1 aliphatic rings. The van der Waals surface area contributed by atoms with Crippen molar-refractivity contribution < 1.29 is 8.42 Å². The Morgan fingerprint density at radius 2 is 1.75 bits per heavy atom. The third kappa shape index (κ3) is 3.71. The van der Waals surface area contributed by atoms with Gasteiger partial charge in [-0.25, -0.2) is 12.7 Å². The standard InChI is InChI=1S/C14H23N3O2S/c1-16(2)20(18,19)14-8-6-13(7-9-14)17(3)11-10-15-12-4-5-12/h6-9,12,15H,4-5,10-11H2,1-3H3. The second-order valence-electron chi connectivity index (χ2n) is 5.43. The monoisotopic (exact) mass is 297 g/mol. The molecule has 2 rings (SSSR count). The van der Waals surface area contributed by atoms with Gasteiger partial charge in [-0.05, 0) is 37.1 Å². The first-order chi connectivity index (χ1) is 9.41. The van der Waals surface area contributed by atoms with Crippen molar-refractivity contribution in [1.29, 1.82) is 0 Å². The van der Waals surface area contributed by atoms with E-state index in [1.54, 1.807) is 26.2 Å². The van der Waals surface area contributed by atoms with Crippen LogP contribution in [0.15, 0.2) is 29.2 Å². The Morgan fingerprint density at radius 3 is 2.25 bits per heavy atom. The first-order valence-corrected chi connectivity index (χ1v) is 8.32. The summed E-state index contributed by atoms with van der Waals surface area (Å²) in [6.45, 7) is 1.87. The fourth-order valence-electron chi connectivity index (χ4n) is 1.94. The van der Waals surface area contributed by atoms with Gasteiger partial charge in [0.25, 0.3) is 0 Å². The lowest BCUT2D eigenvalue weighted by Crippen LogP contribution is -2.30. The Bertz CT molecular complexity index is 536. The number of nitrogens with one attached hydrogen (secondary N) is 1. The molecule has 0 spiro atoms. The van der Waals surface area contributed by atoms with Crippen LogP contribution in [0.4, 0.5) is 5.69 Å². The van der Waals surface area contributed by atoms with Crippen molar-refractivity contribution in [3.8, 4) is 0 Å². The highest BCUT2D eigenvalue weighted by molar-refractivity contribution is 7.89. The molecular formula is C14H23N3O2S. The lowest BCUT2D eigenvalue weighted by molar-refractivity contribution is 0.521. The topological polar surface area (TPSA) is 52.7 Å². The van der Waals surface area contributed by atoms with Crippen molar-refractivity contribution >= 4 is 15.7 Å². The molecule has 0 heterocycles. The van der Waals surface area contributed by atoms with E-state index in [2.05, 4.69) is 10.2 Å². The third-order valence-corrected chi connectivity index (χ3v) is 5.34. The van der Waals surface area contributed by atoms with Crippen molar-refractivity contribution in [3.05, 3.63) is 24.3 Å². The van der Waals surface area contributed by atoms with Crippen molar-refractivity contribution in [1.82, 2.24) is 9.62 Å². The predicted molar refractivity (Wildman–Crippen MR) is 81.6 cm³/mol. The minimum absolute atomic E-state index is 0.329. The minimum atomic E-state index is -3.34. The van der Waals surface area contributed by atoms with Crippen LogP contribution in [-0.4, -0.2) is 53.0 Å². The average molecular weight is 297 g/mol. The van der Waals surface area contributed by atoms with E-state index in [9.17, 15) is 8.42 Å². The Labute approximate surface area is 121 Å². The number of nitrogens with zero attached hydrogens (tertiary/aromatic N) is 2. The van der Waals surface area contributed by atoms with Crippen LogP contribution in [0.1, 0.15) is 12.8 Å². The molecule has 1 aromatic carbocycles. The quantitative estimate of drug-likeness (QED) is 0.819. The van der Waals surface area contributed by atoms with Crippen LogP contribution in [0.25, 0.3) is 0 Å². The molecule has 1 N–H and O–H groups in total. The molecule has 0 amide bonds. The SMILES string of the molecule is CN(CCNC1CC1)c1ccc(S(=O)(=O)N(C)C)cc1. The normalized spacial score (nSPS) is 15.6. The summed E-state index contributed by atoms with van der Waals surface area (Å²) in [6, 6.07) is 7.75. The maximum atomic E-state index is 12.0. The summed E-state index contributed by atoms with van der Waals surface area (Å²) in [5.74, 6) is 0. The van der Waals surface area contributed by atoms with Crippen molar-refractivity contribution in [2.24, 2.45) is 0 Å². The summed E-state index contributed by atoms with van der Waals surface area (Å²) in [5.41, 5.74) is 1.03. The number of anilines is 1. The van der Waals surface area contributed by atoms with Crippen LogP contribution in [0.5, 0.6) is 0 Å². The third-order valence-electron chi connectivity index (χ3n) is 3.51. The van der Waals surface area contributed by atoms with Crippen LogP contribution >= 0.6 is 0 Å². The largest absolute Gasteiger partial charge is 0.373 e. The molecule has 6 heteroatoms. The summed E-state index contributed by atoms with van der Waals surface area (Å²) in [7, 11) is 1.76. The van der Waals surface area contributed by atoms with Crippen LogP contribution in [-0.2, 0) is 10.0 Å². The lowest BCUT2D eigenvalue weighted by Gasteiger charge is -2.20. The highest BCUT2D eigenvalue weighted by Crippen LogP contribution is 2.20. The Hall–Kier alpha value is -1.11. The Kier molecular flexibility index (Phi) is 4.67. The van der Waals surface area contributed by atoms with Gasteiger partial charge in [-0.2, -0.15) is 0 Å². The highest BCUT2D eigenvalue weighted by Gasteiger charge is 2.20. The molecule has 1 aliphatic carbocycles. The molecule has 0 aromatic heterocycles. The molecule has 0 aliphatic heterocycles. The Morgan fingerprint density at radius 1 is 1.15 bits per heavy atom. The number of hydrogen-bond acceptors (Lipinski definition) is 4. The van der Waals surface area contributed by atoms with Crippen molar-refractivity contribution in [2.45, 2.75) is 23.8 Å². The van der Waals surface area contributed by atoms with E-state index in [1.807, 2.05) is 19.2 Å². The highest BCUT2D eigenvalue weighted by atomic mass is 32.2. The average Bonchev–Trinajstić information content (AvgIpc) is 3.22. The maximum absolute atomic E-state index is 12.0. The number of benzene rings is 1. The summed E-state index contributed by atoms with van der Waals surface area (Å²) >= 11 is 0. The van der Waals surface area contributed by atoms with Gasteiger partial charge in [0.1, 0.15) is 0 Å². The minimum Gasteiger partial charge on any atom is -0.373 e. The molecule has 1 fully saturated rings. The van der Waals surface area contributed by atoms with Gasteiger partial charge in [-0.3, -0.25) is 0 Å². The molecule has 0 radical (unpaired) electrons. The second kappa shape index (κ2) is 6.11. The summed E-state index contributed by atoms with van der Waals surface area (Å²) in [5, 5.41) is 3.46. The number of rotatable bonds is 7. The Balaban J connectivity index is 1.96. The fourth-order valence-corrected chi connectivity index (χ4v) is 2.84. The second-order valence-corrected chi connectivity index (χ2v) is 7.58. The molecular weight excluding hydrogens is 274 g/mol. The van der Waals surface area contributed by atoms with E-state index in [1.165, 1.54) is 17.1 Å². The summed E-state index contributed by atoms with van der Waals surface area (Å²) in [6.07, 6.45) is 2.58. The van der Waals surface area contributed by atoms with Gasteiger partial charge in [-0.1, -0.05) is 0 Å². The zero-order chi connectivity index (χ0) is 14.8. The van der Waals surface area contributed by atoms with E-state index in [4.69, 9.17) is 0 Å². The number of sulfonamides is 1. The molecule has 112 valence electrons. The van der Waals surface area contributed by atoms with E-state index in [-0.39, 0.29) is 0 Å². The molecule has 1 saturated carbocycles. The molecule has 0 atom stereocenters. The van der Waals surface area contributed by atoms with Crippen LogP contribution < -0.4 is 10.2 Å². The van der Waals surface area contributed by atoms with Gasteiger partial charge in [0.05, 0.1) is 4.90 Å². The summed E-state index contributed by atoms with van der Waals surface area (Å²) in [4.78, 5) is 2.46. The van der Waals surface area contributed by atoms with Crippen molar-refractivity contribution in [3.63, 3.8) is 0 Å². The molecule has 1 aromatic rings. The van der Waals surface area contributed by atoms with Crippen LogP contribution in [0, 0.1) is 0 Å². The fraction of sp³-hybridized carbons (Fsp3) is 0.571. The lowest BCUT2D eigenvalue weighted by atomic mass is 10.3. The molecule has 5 nitrogen and oxygen atoms in total. The first kappa shape index (κ1) is 15.3. The van der Waals surface area contributed by atoms with Gasteiger partial charge < -0.3 is 10.2 Å². The van der Waals surface area contributed by atoms with E-state index in [0.29, 0.717) is 4.90 Å². The van der Waals surface area contributed by atoms with E-state index >= 15 is 0 Å². The van der Waals surface area contributed by atoms with E-state index in [0.717, 1.165) is 24.8 Å². The number of hydrogen-bond donors (Lipinski definition) is 1. The molecule has 20 heavy (non-hydrogen) atoms. The maximum Gasteiger partial charge on any atom is 0.242 e. The van der Waals surface area contributed by atoms with Crippen molar-refractivity contribution in [2.75, 3.05) is 39.1 Å². The first-order valence-electron chi connectivity index (χ1n) is 6.88. The number of likely N-dealkylation sites (N-methyl/N-ethyl adjacent to an activating group) is 1. The molecule has 0 unspecified atom stereocenters. The van der Waals surface area contributed by atoms with Gasteiger partial charge in [0.15, 0.2) is 0 Å². The van der Waals surface area contributed by atoms with Gasteiger partial charge in [0, 0.05) is 46.0 Å². The smallest absolute Gasteiger partial charge is 0.242 e. The van der Waals surface area contributed by atoms with Gasteiger partial charge >= 0.3 is 0 Å². The predicted octanol–water partition coefficient (Wildman–Crippen LogP) is 1.13. The van der Waals surface area contributed by atoms with E-state index < -0.39 is 10.0 Å². The van der Waals surface area contributed by atoms with Gasteiger partial charge in [0.2, 0.25) is 10.0 Å². The van der Waals surface area contributed by atoms with Crippen LogP contribution in [0.3, 0.4) is 0 Å². The molecule has 0 saturated heterocycles. The van der Waals surface area contributed by atoms with Gasteiger partial charge in [-0.15, -0.1) is 0 Å². The van der Waals surface area contributed by atoms with Crippen LogP contribution in [0.2, 0.25) is 0 Å².